The first-order chi connectivity index (χ1) is 9.75. The van der Waals surface area contributed by atoms with Crippen molar-refractivity contribution in [2.75, 3.05) is 13.2 Å². The third-order valence-corrected chi connectivity index (χ3v) is 3.78. The summed E-state index contributed by atoms with van der Waals surface area (Å²) in [5, 5.41) is 11.1. The van der Waals surface area contributed by atoms with Crippen LogP contribution in [0.25, 0.3) is 0 Å². The predicted molar refractivity (Wildman–Crippen MR) is 69.4 cm³/mol. The van der Waals surface area contributed by atoms with Crippen molar-refractivity contribution in [2.24, 2.45) is 0 Å². The van der Waals surface area contributed by atoms with Crippen LogP contribution in [0.5, 0.6) is 5.75 Å². The van der Waals surface area contributed by atoms with Crippen LogP contribution in [0.3, 0.4) is 0 Å². The number of alkyl halides is 3. The number of halogens is 3. The molecule has 2 atom stereocenters. The summed E-state index contributed by atoms with van der Waals surface area (Å²) in [4.78, 5) is 11.0. The van der Waals surface area contributed by atoms with Gasteiger partial charge in [-0.2, -0.15) is 13.2 Å². The lowest BCUT2D eigenvalue weighted by Gasteiger charge is -2.32. The molecular weight excluding hydrogens is 287 g/mol. The lowest BCUT2D eigenvalue weighted by Crippen LogP contribution is -2.61. The van der Waals surface area contributed by atoms with Crippen molar-refractivity contribution in [3.05, 3.63) is 29.8 Å². The molecule has 2 N–H and O–H groups in total. The fourth-order valence-corrected chi connectivity index (χ4v) is 2.25. The van der Waals surface area contributed by atoms with Crippen LogP contribution in [0, 0.1) is 0 Å². The van der Waals surface area contributed by atoms with Gasteiger partial charge in [0, 0.05) is 12.5 Å². The SMILES string of the molecule is CC(NCC1CCOc2ccccc21)(C(=O)O)C(F)(F)F. The first-order valence-corrected chi connectivity index (χ1v) is 6.52. The minimum absolute atomic E-state index is 0.0807. The molecule has 1 aromatic carbocycles. The summed E-state index contributed by atoms with van der Waals surface area (Å²) in [7, 11) is 0. The molecule has 2 unspecified atom stereocenters. The van der Waals surface area contributed by atoms with Gasteiger partial charge in [0.05, 0.1) is 6.61 Å². The second kappa shape index (κ2) is 5.55. The van der Waals surface area contributed by atoms with E-state index in [4.69, 9.17) is 9.84 Å². The summed E-state index contributed by atoms with van der Waals surface area (Å²) in [5.41, 5.74) is -2.16. The summed E-state index contributed by atoms with van der Waals surface area (Å²) in [6.07, 6.45) is -4.33. The number of carbonyl (C=O) groups is 1. The van der Waals surface area contributed by atoms with E-state index >= 15 is 0 Å². The number of aliphatic carboxylic acids is 1. The van der Waals surface area contributed by atoms with E-state index in [1.807, 2.05) is 0 Å². The molecule has 4 nitrogen and oxygen atoms in total. The maximum absolute atomic E-state index is 12.9. The van der Waals surface area contributed by atoms with Gasteiger partial charge in [-0.15, -0.1) is 0 Å². The molecule has 1 aliphatic rings. The van der Waals surface area contributed by atoms with Crippen LogP contribution < -0.4 is 10.1 Å². The first kappa shape index (κ1) is 15.6. The highest BCUT2D eigenvalue weighted by atomic mass is 19.4. The summed E-state index contributed by atoms with van der Waals surface area (Å²) >= 11 is 0. The Bertz CT molecular complexity index is 532. The molecule has 1 heterocycles. The van der Waals surface area contributed by atoms with Crippen LogP contribution in [0.4, 0.5) is 13.2 Å². The average molecular weight is 303 g/mol. The zero-order valence-corrected chi connectivity index (χ0v) is 11.4. The van der Waals surface area contributed by atoms with Crippen molar-refractivity contribution in [2.45, 2.75) is 31.0 Å². The minimum atomic E-state index is -4.87. The Morgan fingerprint density at radius 1 is 1.43 bits per heavy atom. The molecule has 0 spiro atoms. The molecule has 7 heteroatoms. The van der Waals surface area contributed by atoms with E-state index in [0.717, 1.165) is 5.56 Å². The van der Waals surface area contributed by atoms with Crippen molar-refractivity contribution in [1.29, 1.82) is 0 Å². The quantitative estimate of drug-likeness (QED) is 0.897. The second-order valence-corrected chi connectivity index (χ2v) is 5.18. The van der Waals surface area contributed by atoms with Crippen LogP contribution in [0.2, 0.25) is 0 Å². The molecule has 0 saturated heterocycles. The number of hydrogen-bond acceptors (Lipinski definition) is 3. The maximum Gasteiger partial charge on any atom is 0.417 e. The van der Waals surface area contributed by atoms with Gasteiger partial charge in [-0.1, -0.05) is 18.2 Å². The van der Waals surface area contributed by atoms with E-state index in [9.17, 15) is 18.0 Å². The molecule has 2 rings (SSSR count). The highest BCUT2D eigenvalue weighted by Gasteiger charge is 2.57. The molecule has 21 heavy (non-hydrogen) atoms. The van der Waals surface area contributed by atoms with Crippen molar-refractivity contribution >= 4 is 5.97 Å². The fraction of sp³-hybridized carbons (Fsp3) is 0.500. The van der Waals surface area contributed by atoms with Gasteiger partial charge in [-0.25, -0.2) is 4.79 Å². The standard InChI is InChI=1S/C14H16F3NO3/c1-13(12(19)20,14(15,16)17)18-8-9-6-7-21-11-5-3-2-4-10(9)11/h2-5,9,18H,6-8H2,1H3,(H,19,20). The number of ether oxygens (including phenoxy) is 1. The molecule has 0 saturated carbocycles. The van der Waals surface area contributed by atoms with Crippen LogP contribution in [-0.4, -0.2) is 35.9 Å². The Morgan fingerprint density at radius 2 is 2.10 bits per heavy atom. The number of carboxylic acids is 1. The van der Waals surface area contributed by atoms with Crippen LogP contribution in [-0.2, 0) is 4.79 Å². The van der Waals surface area contributed by atoms with Crippen molar-refractivity contribution in [3.63, 3.8) is 0 Å². The molecule has 0 aromatic heterocycles. The molecule has 1 aromatic rings. The largest absolute Gasteiger partial charge is 0.493 e. The second-order valence-electron chi connectivity index (χ2n) is 5.18. The van der Waals surface area contributed by atoms with Gasteiger partial charge in [0.1, 0.15) is 5.75 Å². The summed E-state index contributed by atoms with van der Waals surface area (Å²) in [5.74, 6) is -1.51. The van der Waals surface area contributed by atoms with Gasteiger partial charge >= 0.3 is 12.1 Å². The fourth-order valence-electron chi connectivity index (χ4n) is 2.25. The Balaban J connectivity index is 2.15. The van der Waals surface area contributed by atoms with Gasteiger partial charge < -0.3 is 9.84 Å². The Hall–Kier alpha value is -1.76. The minimum Gasteiger partial charge on any atom is -0.493 e. The van der Waals surface area contributed by atoms with E-state index < -0.39 is 17.7 Å². The zero-order chi connectivity index (χ0) is 15.7. The van der Waals surface area contributed by atoms with E-state index in [-0.39, 0.29) is 12.5 Å². The van der Waals surface area contributed by atoms with Crippen LogP contribution in [0.1, 0.15) is 24.8 Å². The molecule has 0 amide bonds. The first-order valence-electron chi connectivity index (χ1n) is 6.52. The molecule has 0 aliphatic carbocycles. The predicted octanol–water partition coefficient (Wildman–Crippen LogP) is 2.55. The summed E-state index contributed by atoms with van der Waals surface area (Å²) < 4.78 is 44.2. The normalized spacial score (nSPS) is 21.0. The number of rotatable bonds is 4. The summed E-state index contributed by atoms with van der Waals surface area (Å²) in [6.45, 7) is 0.961. The molecule has 0 radical (unpaired) electrons. The van der Waals surface area contributed by atoms with Gasteiger partial charge in [0.25, 0.3) is 0 Å². The average Bonchev–Trinajstić information content (AvgIpc) is 2.43. The Kier molecular flexibility index (Phi) is 4.13. The Morgan fingerprint density at radius 3 is 2.71 bits per heavy atom. The third kappa shape index (κ3) is 2.97. The lowest BCUT2D eigenvalue weighted by atomic mass is 9.91. The number of para-hydroxylation sites is 1. The molecular formula is C14H16F3NO3. The van der Waals surface area contributed by atoms with E-state index in [2.05, 4.69) is 5.32 Å². The van der Waals surface area contributed by atoms with Crippen molar-refractivity contribution < 1.29 is 27.8 Å². The van der Waals surface area contributed by atoms with Gasteiger partial charge in [-0.3, -0.25) is 5.32 Å². The van der Waals surface area contributed by atoms with E-state index in [1.54, 1.807) is 24.3 Å². The van der Waals surface area contributed by atoms with Crippen LogP contribution >= 0.6 is 0 Å². The lowest BCUT2D eigenvalue weighted by molar-refractivity contribution is -0.206. The van der Waals surface area contributed by atoms with Gasteiger partial charge in [0.15, 0.2) is 0 Å². The highest BCUT2D eigenvalue weighted by Crippen LogP contribution is 2.35. The van der Waals surface area contributed by atoms with Crippen molar-refractivity contribution in [1.82, 2.24) is 5.32 Å². The van der Waals surface area contributed by atoms with Gasteiger partial charge in [-0.05, 0) is 25.0 Å². The molecule has 0 bridgehead atoms. The monoisotopic (exact) mass is 303 g/mol. The van der Waals surface area contributed by atoms with E-state index in [1.165, 1.54) is 0 Å². The molecule has 116 valence electrons. The number of nitrogens with one attached hydrogen (secondary N) is 1. The number of fused-ring (bicyclic) bond motifs is 1. The molecule has 1 aliphatic heterocycles. The number of benzene rings is 1. The van der Waals surface area contributed by atoms with Crippen molar-refractivity contribution in [3.8, 4) is 5.75 Å². The molecule has 0 fully saturated rings. The van der Waals surface area contributed by atoms with Gasteiger partial charge in [0.2, 0.25) is 5.54 Å². The maximum atomic E-state index is 12.9. The van der Waals surface area contributed by atoms with E-state index in [0.29, 0.717) is 25.7 Å². The Labute approximate surface area is 119 Å². The topological polar surface area (TPSA) is 58.6 Å². The number of carboxylic acid groups (broad SMARTS) is 1. The summed E-state index contributed by atoms with van der Waals surface area (Å²) in [6, 6.07) is 7.10. The highest BCUT2D eigenvalue weighted by molar-refractivity contribution is 5.79. The third-order valence-electron chi connectivity index (χ3n) is 3.78. The van der Waals surface area contributed by atoms with Crippen LogP contribution in [0.15, 0.2) is 24.3 Å². The smallest absolute Gasteiger partial charge is 0.417 e. The zero-order valence-electron chi connectivity index (χ0n) is 11.4. The number of hydrogen-bond donors (Lipinski definition) is 2.